The lowest BCUT2D eigenvalue weighted by molar-refractivity contribution is -0.558. The van der Waals surface area contributed by atoms with Crippen LogP contribution in [0.1, 0.15) is 0 Å². The van der Waals surface area contributed by atoms with E-state index in [-0.39, 0.29) is 0 Å². The molecule has 5 fully saturated rings. The third-order valence-corrected chi connectivity index (χ3v) is 5.06. The first kappa shape index (κ1) is 19.8. The number of hydrogen-bond donors (Lipinski definition) is 8. The molecule has 8 N–H and O–H groups in total. The average Bonchev–Trinajstić information content (AvgIpc) is 2.83. The Morgan fingerprint density at radius 3 is 2.07 bits per heavy atom. The molecule has 27 heavy (non-hydrogen) atoms. The Morgan fingerprint density at radius 1 is 0.852 bits per heavy atom. The van der Waals surface area contributed by atoms with Crippen molar-refractivity contribution in [2.45, 2.75) is 60.5 Å². The van der Waals surface area contributed by atoms with Crippen molar-refractivity contribution in [3.05, 3.63) is 0 Å². The molecule has 0 amide bonds. The normalized spacial score (nSPS) is 57.3. The molecule has 154 valence electrons. The average molecular weight is 398 g/mol. The van der Waals surface area contributed by atoms with Crippen LogP contribution in [0.25, 0.3) is 0 Å². The maximum Gasteiger partial charge on any atom is 0.649 e. The van der Waals surface area contributed by atoms with E-state index in [1.165, 1.54) is 0 Å². The van der Waals surface area contributed by atoms with Crippen LogP contribution >= 0.6 is 0 Å². The highest BCUT2D eigenvalue weighted by molar-refractivity contribution is 6.39. The second-order valence-corrected chi connectivity index (χ2v) is 6.66. The van der Waals surface area contributed by atoms with E-state index in [9.17, 15) is 40.9 Å². The van der Waals surface area contributed by atoms with E-state index in [4.69, 9.17) is 28.2 Å². The Bertz CT molecular complexity index is 586. The van der Waals surface area contributed by atoms with Crippen molar-refractivity contribution in [2.24, 2.45) is 0 Å². The van der Waals surface area contributed by atoms with Crippen LogP contribution in [0.15, 0.2) is 0 Å². The molecule has 0 aromatic rings. The molecule has 0 aromatic carbocycles. The van der Waals surface area contributed by atoms with Crippen LogP contribution in [0.2, 0.25) is 0 Å². The first-order valence-corrected chi connectivity index (χ1v) is 8.05. The Kier molecular flexibility index (Phi) is 4.58. The Balaban J connectivity index is 1.61. The predicted octanol–water partition coefficient (Wildman–Crippen LogP) is -6.35. The standard InChI is InChI=1S/C12H19BO14/c14-1-3-5(16)6(17)7(18)9(22-3)23-8-4(2-15)24-11(20)10(8,19)25-13-26-12(11,21)27-13/h3-9,14-21H,1-2H2/t3-,4-,5+,6+,7-,8-,9?,10+,11+/m1/s1. The molecule has 0 saturated carbocycles. The topological polar surface area (TPSA) is 217 Å². The van der Waals surface area contributed by atoms with Crippen LogP contribution < -0.4 is 0 Å². The second kappa shape index (κ2) is 6.25. The zero-order valence-corrected chi connectivity index (χ0v) is 13.6. The van der Waals surface area contributed by atoms with Gasteiger partial charge in [-0.15, -0.1) is 0 Å². The van der Waals surface area contributed by atoms with Gasteiger partial charge in [0.25, 0.3) is 0 Å². The summed E-state index contributed by atoms with van der Waals surface area (Å²) in [6.45, 7) is -1.58. The molecule has 5 aliphatic heterocycles. The van der Waals surface area contributed by atoms with Gasteiger partial charge in [0.05, 0.1) is 13.2 Å². The highest BCUT2D eigenvalue weighted by atomic mass is 17.0. The number of aliphatic hydroxyl groups is 8. The zero-order valence-electron chi connectivity index (χ0n) is 13.6. The highest BCUT2D eigenvalue weighted by Gasteiger charge is 2.87. The van der Waals surface area contributed by atoms with Gasteiger partial charge in [-0.1, -0.05) is 0 Å². The first-order chi connectivity index (χ1) is 12.6. The molecule has 5 saturated heterocycles. The summed E-state index contributed by atoms with van der Waals surface area (Å²) >= 11 is 0. The van der Waals surface area contributed by atoms with Gasteiger partial charge >= 0.3 is 19.1 Å². The summed E-state index contributed by atoms with van der Waals surface area (Å²) in [6.07, 6.45) is -11.6. The van der Waals surface area contributed by atoms with Crippen LogP contribution in [-0.4, -0.2) is 122 Å². The largest absolute Gasteiger partial charge is 0.649 e. The Morgan fingerprint density at radius 2 is 1.48 bits per heavy atom. The summed E-state index contributed by atoms with van der Waals surface area (Å²) < 4.78 is 30.0. The minimum atomic E-state index is -3.04. The molecule has 1 unspecified atom stereocenters. The van der Waals surface area contributed by atoms with Crippen LogP contribution in [0.5, 0.6) is 0 Å². The third-order valence-electron chi connectivity index (χ3n) is 5.06. The lowest BCUT2D eigenvalue weighted by atomic mass is 9.88. The number of rotatable bonds is 4. The van der Waals surface area contributed by atoms with Gasteiger partial charge in [0.1, 0.15) is 36.6 Å². The molecule has 2 bridgehead atoms. The van der Waals surface area contributed by atoms with Gasteiger partial charge in [-0.25, -0.2) is 0 Å². The second-order valence-electron chi connectivity index (χ2n) is 6.66. The minimum absolute atomic E-state index is 0.733. The van der Waals surface area contributed by atoms with E-state index in [0.29, 0.717) is 0 Å². The van der Waals surface area contributed by atoms with E-state index in [1.807, 2.05) is 0 Å². The molecule has 0 spiro atoms. The molecular weight excluding hydrogens is 379 g/mol. The third kappa shape index (κ3) is 2.47. The fourth-order valence-electron chi connectivity index (χ4n) is 3.52. The summed E-state index contributed by atoms with van der Waals surface area (Å²) in [4.78, 5) is 0. The van der Waals surface area contributed by atoms with Gasteiger partial charge in [-0.05, 0) is 0 Å². The molecular formula is C12H19BO14. The van der Waals surface area contributed by atoms with Gasteiger partial charge in [0.15, 0.2) is 6.29 Å². The lowest BCUT2D eigenvalue weighted by Crippen LogP contribution is -2.85. The van der Waals surface area contributed by atoms with Crippen LogP contribution in [0.3, 0.4) is 0 Å². The first-order valence-electron chi connectivity index (χ1n) is 8.05. The summed E-state index contributed by atoms with van der Waals surface area (Å²) in [5.41, 5.74) is 0. The molecule has 0 aromatic heterocycles. The van der Waals surface area contributed by atoms with Crippen molar-refractivity contribution in [1.82, 2.24) is 0 Å². The lowest BCUT2D eigenvalue weighted by Gasteiger charge is -2.57. The maximum absolute atomic E-state index is 10.8. The van der Waals surface area contributed by atoms with Crippen molar-refractivity contribution in [1.29, 1.82) is 0 Å². The van der Waals surface area contributed by atoms with Gasteiger partial charge in [-0.3, -0.25) is 0 Å². The number of ether oxygens (including phenoxy) is 3. The molecule has 0 aliphatic carbocycles. The smallest absolute Gasteiger partial charge is 0.394 e. The summed E-state index contributed by atoms with van der Waals surface area (Å²) in [6, 6.07) is 0. The Labute approximate surface area is 151 Å². The summed E-state index contributed by atoms with van der Waals surface area (Å²) in [5, 5.41) is 79.9. The maximum atomic E-state index is 10.8. The molecule has 14 nitrogen and oxygen atoms in total. The molecule has 15 heteroatoms. The van der Waals surface area contributed by atoms with Gasteiger partial charge in [0, 0.05) is 0 Å². The summed E-state index contributed by atoms with van der Waals surface area (Å²) in [5.74, 6) is -8.69. The van der Waals surface area contributed by atoms with E-state index in [1.54, 1.807) is 0 Å². The minimum Gasteiger partial charge on any atom is -0.394 e. The van der Waals surface area contributed by atoms with Crippen molar-refractivity contribution in [3.63, 3.8) is 0 Å². The van der Waals surface area contributed by atoms with Gasteiger partial charge in [0.2, 0.25) is 5.79 Å². The Hall–Kier alpha value is -0.495. The van der Waals surface area contributed by atoms with Crippen LogP contribution in [-0.2, 0) is 28.2 Å². The van der Waals surface area contributed by atoms with E-state index >= 15 is 0 Å². The number of hydrogen-bond acceptors (Lipinski definition) is 14. The van der Waals surface area contributed by atoms with Crippen molar-refractivity contribution in [3.8, 4) is 0 Å². The van der Waals surface area contributed by atoms with E-state index in [0.717, 1.165) is 0 Å². The van der Waals surface area contributed by atoms with E-state index in [2.05, 4.69) is 0 Å². The fourth-order valence-corrected chi connectivity index (χ4v) is 3.52. The fraction of sp³-hybridized carbons (Fsp3) is 1.00. The van der Waals surface area contributed by atoms with Crippen molar-refractivity contribution >= 4 is 7.32 Å². The summed E-state index contributed by atoms with van der Waals surface area (Å²) in [7, 11) is -1.58. The molecule has 9 atom stereocenters. The molecule has 5 heterocycles. The number of aliphatic hydroxyl groups excluding tert-OH is 5. The molecule has 5 aliphatic rings. The van der Waals surface area contributed by atoms with Gasteiger partial charge in [-0.2, -0.15) is 0 Å². The van der Waals surface area contributed by atoms with Crippen molar-refractivity contribution in [2.75, 3.05) is 13.2 Å². The quantitative estimate of drug-likeness (QED) is 0.207. The van der Waals surface area contributed by atoms with Crippen LogP contribution in [0, 0.1) is 0 Å². The predicted molar refractivity (Wildman–Crippen MR) is 74.5 cm³/mol. The van der Waals surface area contributed by atoms with Crippen molar-refractivity contribution < 1.29 is 69.0 Å². The zero-order chi connectivity index (χ0) is 19.8. The highest BCUT2D eigenvalue weighted by Crippen LogP contribution is 2.56. The molecule has 5 rings (SSSR count). The SMILES string of the molecule is OC[C@H]1OC(O[C@@H]2[C@@H](CO)O[C@]3(O)C4(O)OB(O4)O[C@@]23O)[C@H](O)[C@@H](O)[C@H]1O. The van der Waals surface area contributed by atoms with Gasteiger partial charge < -0.3 is 69.0 Å². The van der Waals surface area contributed by atoms with Crippen LogP contribution in [0.4, 0.5) is 0 Å². The monoisotopic (exact) mass is 398 g/mol. The molecule has 0 radical (unpaired) electrons. The van der Waals surface area contributed by atoms with E-state index < -0.39 is 81.0 Å².